The van der Waals surface area contributed by atoms with Gasteiger partial charge in [0.1, 0.15) is 12.4 Å². The molecule has 214 valence electrons. The molecule has 0 fully saturated rings. The Balaban J connectivity index is 1.38. The van der Waals surface area contributed by atoms with E-state index in [9.17, 15) is 4.79 Å². The Labute approximate surface area is 250 Å². The number of alkyl carbamates (subject to hydrolysis) is 1. The average molecular weight is 588 g/mol. The molecule has 0 aliphatic carbocycles. The highest BCUT2D eigenvalue weighted by Crippen LogP contribution is 2.60. The number of fused-ring (bicyclic) bond motifs is 2. The third kappa shape index (κ3) is 6.62. The maximum Gasteiger partial charge on any atom is 0.408 e. The molecule has 1 amide bonds. The van der Waals surface area contributed by atoms with Gasteiger partial charge in [-0.25, -0.2) is 9.36 Å². The second-order valence-corrected chi connectivity index (χ2v) is 12.1. The van der Waals surface area contributed by atoms with Crippen molar-refractivity contribution in [2.75, 3.05) is 0 Å². The van der Waals surface area contributed by atoms with E-state index in [1.165, 1.54) is 0 Å². The van der Waals surface area contributed by atoms with Gasteiger partial charge in [0.25, 0.3) is 0 Å². The molecule has 6 aromatic carbocycles. The molecular weight excluding hydrogens is 557 g/mol. The highest BCUT2D eigenvalue weighted by molar-refractivity contribution is 7.54. The minimum absolute atomic E-state index is 0.0178. The first-order valence-corrected chi connectivity index (χ1v) is 15.6. The summed E-state index contributed by atoms with van der Waals surface area (Å²) in [5, 5.41) is 6.86. The fourth-order valence-electron chi connectivity index (χ4n) is 5.06. The minimum atomic E-state index is -4.16. The normalized spacial score (nSPS) is 13.2. The molecule has 1 N–H and O–H groups in total. The van der Waals surface area contributed by atoms with Crippen LogP contribution >= 0.6 is 7.60 Å². The summed E-state index contributed by atoms with van der Waals surface area (Å²) in [6.07, 6.45) is -0.742. The topological polar surface area (TPSA) is 73.9 Å². The fraction of sp³-hybridized carbons (Fsp3) is 0.0833. The van der Waals surface area contributed by atoms with E-state index in [0.29, 0.717) is 11.3 Å². The smallest absolute Gasteiger partial charge is 0.408 e. The molecule has 6 rings (SSSR count). The van der Waals surface area contributed by atoms with Crippen LogP contribution in [0.15, 0.2) is 146 Å². The number of ether oxygens (including phenoxy) is 1. The van der Waals surface area contributed by atoms with E-state index >= 15 is 4.57 Å². The summed E-state index contributed by atoms with van der Waals surface area (Å²) in [5.74, 6) is -0.799. The van der Waals surface area contributed by atoms with Crippen LogP contribution in [0.3, 0.4) is 0 Å². The van der Waals surface area contributed by atoms with Crippen LogP contribution in [0.5, 0.6) is 5.75 Å². The van der Waals surface area contributed by atoms with Gasteiger partial charge in [-0.05, 0) is 56.4 Å². The van der Waals surface area contributed by atoms with Crippen LogP contribution < -0.4 is 9.84 Å². The zero-order valence-corrected chi connectivity index (χ0v) is 24.2. The van der Waals surface area contributed by atoms with Crippen LogP contribution in [-0.2, 0) is 27.0 Å². The van der Waals surface area contributed by atoms with Crippen LogP contribution in [0.1, 0.15) is 22.5 Å². The predicted octanol–water partition coefficient (Wildman–Crippen LogP) is 9.41. The van der Waals surface area contributed by atoms with E-state index < -0.39 is 19.5 Å². The van der Waals surface area contributed by atoms with Crippen molar-refractivity contribution in [1.29, 1.82) is 0 Å². The Morgan fingerprint density at radius 2 is 1.19 bits per heavy atom. The summed E-state index contributed by atoms with van der Waals surface area (Å²) >= 11 is 0. The number of carbonyl (C=O) groups excluding carboxylic acids is 1. The summed E-state index contributed by atoms with van der Waals surface area (Å²) in [5.41, 5.74) is 2.27. The first-order chi connectivity index (χ1) is 21.1. The van der Waals surface area contributed by atoms with E-state index in [-0.39, 0.29) is 13.2 Å². The average Bonchev–Trinajstić information content (AvgIpc) is 3.06. The van der Waals surface area contributed by atoms with Crippen molar-refractivity contribution in [3.63, 3.8) is 0 Å². The molecule has 43 heavy (non-hydrogen) atoms. The molecule has 0 saturated carbocycles. The first kappa shape index (κ1) is 28.2. The van der Waals surface area contributed by atoms with Gasteiger partial charge < -0.3 is 14.6 Å². The molecule has 0 saturated heterocycles. The molecule has 2 unspecified atom stereocenters. The number of hydrogen-bond donors (Lipinski definition) is 1. The van der Waals surface area contributed by atoms with Gasteiger partial charge in [0.15, 0.2) is 5.78 Å². The fourth-order valence-corrected chi connectivity index (χ4v) is 6.89. The zero-order chi connectivity index (χ0) is 29.5. The van der Waals surface area contributed by atoms with Gasteiger partial charge in [0, 0.05) is 0 Å². The predicted molar refractivity (Wildman–Crippen MR) is 170 cm³/mol. The number of nitrogens with one attached hydrogen (secondary N) is 1. The lowest BCUT2D eigenvalue weighted by Crippen LogP contribution is -2.31. The molecule has 0 heterocycles. The maximum absolute atomic E-state index is 15.0. The summed E-state index contributed by atoms with van der Waals surface area (Å²) in [4.78, 5) is 13.2. The van der Waals surface area contributed by atoms with E-state index in [0.717, 1.165) is 32.7 Å². The maximum atomic E-state index is 15.0. The summed E-state index contributed by atoms with van der Waals surface area (Å²) < 4.78 is 33.1. The molecule has 0 spiro atoms. The van der Waals surface area contributed by atoms with E-state index in [2.05, 4.69) is 11.4 Å². The van der Waals surface area contributed by atoms with Crippen molar-refractivity contribution < 1.29 is 23.1 Å². The van der Waals surface area contributed by atoms with Gasteiger partial charge >= 0.3 is 13.7 Å². The Morgan fingerprint density at radius 3 is 1.81 bits per heavy atom. The van der Waals surface area contributed by atoms with Crippen molar-refractivity contribution in [3.8, 4) is 5.75 Å². The van der Waals surface area contributed by atoms with Crippen molar-refractivity contribution in [2.45, 2.75) is 19.0 Å². The Hall–Kier alpha value is -4.90. The minimum Gasteiger partial charge on any atom is -0.445 e. The molecule has 0 radical (unpaired) electrons. The number of carbonyl (C=O) groups is 1. The Kier molecular flexibility index (Phi) is 8.50. The highest BCUT2D eigenvalue weighted by Gasteiger charge is 2.41. The second-order valence-electron chi connectivity index (χ2n) is 10.0. The lowest BCUT2D eigenvalue weighted by Gasteiger charge is -2.28. The SMILES string of the molecule is O=C(NC(c1ccccc1)P(=O)(OCc1c2ccccc2cc2ccccc12)Oc1ccccc1)OCc1ccccc1. The zero-order valence-electron chi connectivity index (χ0n) is 23.3. The van der Waals surface area contributed by atoms with Gasteiger partial charge in [-0.2, -0.15) is 0 Å². The van der Waals surface area contributed by atoms with E-state index in [1.807, 2.05) is 103 Å². The quantitative estimate of drug-likeness (QED) is 0.128. The van der Waals surface area contributed by atoms with Crippen molar-refractivity contribution in [2.24, 2.45) is 0 Å². The van der Waals surface area contributed by atoms with Gasteiger partial charge in [0.05, 0.1) is 6.61 Å². The third-order valence-corrected chi connectivity index (χ3v) is 9.16. The van der Waals surface area contributed by atoms with Crippen LogP contribution in [-0.4, -0.2) is 6.09 Å². The molecular formula is C36H30NO5P. The van der Waals surface area contributed by atoms with Gasteiger partial charge in [-0.3, -0.25) is 4.52 Å². The van der Waals surface area contributed by atoms with Crippen LogP contribution in [0.2, 0.25) is 0 Å². The molecule has 0 aliphatic rings. The lowest BCUT2D eigenvalue weighted by molar-refractivity contribution is 0.136. The molecule has 6 aromatic rings. The molecule has 7 heteroatoms. The van der Waals surface area contributed by atoms with Gasteiger partial charge in [-0.15, -0.1) is 0 Å². The second kappa shape index (κ2) is 13.0. The largest absolute Gasteiger partial charge is 0.445 e. The standard InChI is InChI=1S/C36H30NO5P/c38-36(40-25-27-14-4-1-5-15-27)37-35(28-16-6-2-7-17-28)43(39,42-31-20-8-3-9-21-31)41-26-34-32-22-12-10-18-29(32)24-30-19-11-13-23-33(30)34/h1-24,35H,25-26H2,(H,37,38). The molecule has 0 aliphatic heterocycles. The Morgan fingerprint density at radius 1 is 0.651 bits per heavy atom. The summed E-state index contributed by atoms with van der Waals surface area (Å²) in [6, 6.07) is 45.4. The monoisotopic (exact) mass is 587 g/mol. The Bertz CT molecular complexity index is 1830. The number of rotatable bonds is 10. The molecule has 0 bridgehead atoms. The molecule has 2 atom stereocenters. The van der Waals surface area contributed by atoms with Crippen LogP contribution in [0, 0.1) is 0 Å². The molecule has 6 nitrogen and oxygen atoms in total. The van der Waals surface area contributed by atoms with E-state index in [1.54, 1.807) is 36.4 Å². The van der Waals surface area contributed by atoms with Crippen LogP contribution in [0.25, 0.3) is 21.5 Å². The third-order valence-electron chi connectivity index (χ3n) is 7.15. The molecule has 0 aromatic heterocycles. The number of benzene rings is 6. The van der Waals surface area contributed by atoms with Crippen LogP contribution in [0.4, 0.5) is 4.79 Å². The summed E-state index contributed by atoms with van der Waals surface area (Å²) in [7, 11) is -4.16. The van der Waals surface area contributed by atoms with Gasteiger partial charge in [-0.1, -0.05) is 127 Å². The van der Waals surface area contributed by atoms with Crippen molar-refractivity contribution >= 4 is 35.2 Å². The van der Waals surface area contributed by atoms with E-state index in [4.69, 9.17) is 13.8 Å². The lowest BCUT2D eigenvalue weighted by atomic mass is 9.97. The summed E-state index contributed by atoms with van der Waals surface area (Å²) in [6.45, 7) is 0.0386. The number of para-hydroxylation sites is 1. The van der Waals surface area contributed by atoms with Crippen molar-refractivity contribution in [3.05, 3.63) is 162 Å². The number of amides is 1. The number of hydrogen-bond acceptors (Lipinski definition) is 5. The first-order valence-electron chi connectivity index (χ1n) is 14.0. The highest BCUT2D eigenvalue weighted by atomic mass is 31.2. The van der Waals surface area contributed by atoms with Crippen molar-refractivity contribution in [1.82, 2.24) is 5.32 Å². The van der Waals surface area contributed by atoms with Gasteiger partial charge in [0.2, 0.25) is 0 Å².